The van der Waals surface area contributed by atoms with E-state index in [1.54, 1.807) is 43.5 Å². The third-order valence-electron chi connectivity index (χ3n) is 4.17. The molecule has 0 heterocycles. The first-order valence-corrected chi connectivity index (χ1v) is 9.51. The van der Waals surface area contributed by atoms with Crippen LogP contribution in [0.5, 0.6) is 23.0 Å². The number of carbonyl (C=O) groups is 2. The minimum Gasteiger partial charge on any atom is -0.493 e. The van der Waals surface area contributed by atoms with Gasteiger partial charge in [-0.3, -0.25) is 4.79 Å². The van der Waals surface area contributed by atoms with E-state index in [0.29, 0.717) is 28.6 Å². The summed E-state index contributed by atoms with van der Waals surface area (Å²) >= 11 is 0. The van der Waals surface area contributed by atoms with Crippen molar-refractivity contribution in [2.75, 3.05) is 34.5 Å². The van der Waals surface area contributed by atoms with Gasteiger partial charge in [-0.2, -0.15) is 5.26 Å². The van der Waals surface area contributed by atoms with Crippen LogP contribution < -0.4 is 24.3 Å². The van der Waals surface area contributed by atoms with E-state index in [4.69, 9.17) is 28.9 Å². The molecule has 9 heteroatoms. The predicted octanol–water partition coefficient (Wildman–Crippen LogP) is 2.49. The molecule has 1 amide bonds. The Kier molecular flexibility index (Phi) is 9.40. The maximum absolute atomic E-state index is 12.0. The molecule has 0 saturated heterocycles. The summed E-state index contributed by atoms with van der Waals surface area (Å²) in [6.07, 6.45) is 2.71. The molecule has 0 bridgehead atoms. The minimum atomic E-state index is -0.671. The van der Waals surface area contributed by atoms with Gasteiger partial charge < -0.3 is 29.0 Å². The summed E-state index contributed by atoms with van der Waals surface area (Å²) in [5, 5.41) is 11.3. The van der Waals surface area contributed by atoms with Gasteiger partial charge in [0.05, 0.1) is 21.3 Å². The second-order valence-corrected chi connectivity index (χ2v) is 6.26. The van der Waals surface area contributed by atoms with Gasteiger partial charge >= 0.3 is 5.97 Å². The van der Waals surface area contributed by atoms with Gasteiger partial charge in [-0.05, 0) is 41.5 Å². The Hall–Kier alpha value is -4.19. The van der Waals surface area contributed by atoms with Crippen LogP contribution in [-0.4, -0.2) is 46.4 Å². The lowest BCUT2D eigenvalue weighted by molar-refractivity contribution is -0.143. The lowest BCUT2D eigenvalue weighted by Crippen LogP contribution is -2.28. The number of ether oxygens (including phenoxy) is 5. The second-order valence-electron chi connectivity index (χ2n) is 6.26. The highest BCUT2D eigenvalue weighted by Crippen LogP contribution is 2.29. The number of nitrogens with zero attached hydrogens (tertiary/aromatic N) is 1. The zero-order valence-electron chi connectivity index (χ0n) is 18.0. The van der Waals surface area contributed by atoms with E-state index in [9.17, 15) is 9.59 Å². The summed E-state index contributed by atoms with van der Waals surface area (Å²) in [4.78, 5) is 23.9. The monoisotopic (exact) mass is 440 g/mol. The van der Waals surface area contributed by atoms with Crippen LogP contribution in [0.3, 0.4) is 0 Å². The van der Waals surface area contributed by atoms with Crippen LogP contribution in [0.2, 0.25) is 0 Å². The van der Waals surface area contributed by atoms with Gasteiger partial charge in [0.15, 0.2) is 36.2 Å². The molecule has 1 N–H and O–H groups in total. The number of benzene rings is 2. The fourth-order valence-corrected chi connectivity index (χ4v) is 2.61. The van der Waals surface area contributed by atoms with Crippen LogP contribution in [-0.2, 0) is 20.9 Å². The molecule has 0 saturated carbocycles. The maximum Gasteiger partial charge on any atom is 0.331 e. The largest absolute Gasteiger partial charge is 0.493 e. The molecule has 2 aromatic carbocycles. The lowest BCUT2D eigenvalue weighted by atomic mass is 10.2. The molecule has 2 aromatic rings. The number of methoxy groups -OCH3 is 3. The number of nitriles is 1. The number of nitrogens with one attached hydrogen (secondary N) is 1. The quantitative estimate of drug-likeness (QED) is 0.419. The van der Waals surface area contributed by atoms with Crippen molar-refractivity contribution < 1.29 is 33.3 Å². The highest BCUT2D eigenvalue weighted by atomic mass is 16.5. The van der Waals surface area contributed by atoms with Crippen LogP contribution in [0, 0.1) is 11.3 Å². The highest BCUT2D eigenvalue weighted by molar-refractivity contribution is 5.89. The first kappa shape index (κ1) is 24.1. The average molecular weight is 440 g/mol. The van der Waals surface area contributed by atoms with E-state index in [0.717, 1.165) is 5.56 Å². The fourth-order valence-electron chi connectivity index (χ4n) is 2.61. The van der Waals surface area contributed by atoms with Gasteiger partial charge in [0.2, 0.25) is 0 Å². The van der Waals surface area contributed by atoms with E-state index >= 15 is 0 Å². The van der Waals surface area contributed by atoms with E-state index < -0.39 is 18.5 Å². The Balaban J connectivity index is 1.83. The molecule has 0 aliphatic carbocycles. The topological polar surface area (TPSA) is 116 Å². The van der Waals surface area contributed by atoms with Crippen molar-refractivity contribution in [3.63, 3.8) is 0 Å². The molecule has 0 unspecified atom stereocenters. The molecule has 0 aliphatic heterocycles. The molecular weight excluding hydrogens is 416 g/mol. The molecule has 0 fully saturated rings. The second kappa shape index (κ2) is 12.5. The van der Waals surface area contributed by atoms with Crippen molar-refractivity contribution in [1.29, 1.82) is 5.26 Å². The van der Waals surface area contributed by atoms with Gasteiger partial charge in [-0.15, -0.1) is 0 Å². The van der Waals surface area contributed by atoms with Crippen molar-refractivity contribution in [3.8, 4) is 29.1 Å². The van der Waals surface area contributed by atoms with E-state index in [1.807, 2.05) is 6.07 Å². The zero-order chi connectivity index (χ0) is 23.3. The standard InChI is InChI=1S/C23H24N2O7/c1-28-18-7-5-17(13-20(18)29-2)14-25-22(26)15-32-23(27)9-6-16-4-8-19(31-11-10-24)21(12-16)30-3/h4-9,12-13H,11,14-15H2,1-3H3,(H,25,26). The number of hydrogen-bond acceptors (Lipinski definition) is 8. The summed E-state index contributed by atoms with van der Waals surface area (Å²) in [6, 6.07) is 12.1. The van der Waals surface area contributed by atoms with Crippen LogP contribution in [0.1, 0.15) is 11.1 Å². The molecule has 0 spiro atoms. The molecule has 2 rings (SSSR count). The number of carbonyl (C=O) groups excluding carboxylic acids is 2. The SMILES string of the molecule is COc1ccc(CNC(=O)COC(=O)C=Cc2ccc(OCC#N)c(OC)c2)cc1OC. The third-order valence-corrected chi connectivity index (χ3v) is 4.17. The Morgan fingerprint density at radius 1 is 0.969 bits per heavy atom. The summed E-state index contributed by atoms with van der Waals surface area (Å²) < 4.78 is 25.8. The van der Waals surface area contributed by atoms with E-state index in [1.165, 1.54) is 26.4 Å². The van der Waals surface area contributed by atoms with E-state index in [-0.39, 0.29) is 13.2 Å². The Labute approximate surface area is 186 Å². The van der Waals surface area contributed by atoms with Crippen LogP contribution in [0.4, 0.5) is 0 Å². The summed E-state index contributed by atoms with van der Waals surface area (Å²) in [7, 11) is 4.54. The van der Waals surface area contributed by atoms with Crippen LogP contribution in [0.25, 0.3) is 6.08 Å². The minimum absolute atomic E-state index is 0.105. The molecule has 0 aromatic heterocycles. The number of hydrogen-bond donors (Lipinski definition) is 1. The van der Waals surface area contributed by atoms with Gasteiger partial charge in [0.25, 0.3) is 5.91 Å². The zero-order valence-corrected chi connectivity index (χ0v) is 18.0. The maximum atomic E-state index is 12.0. The van der Waals surface area contributed by atoms with Gasteiger partial charge in [-0.25, -0.2) is 4.79 Å². The van der Waals surface area contributed by atoms with Crippen LogP contribution in [0.15, 0.2) is 42.5 Å². The number of esters is 1. The molecule has 0 aliphatic rings. The van der Waals surface area contributed by atoms with Crippen molar-refractivity contribution >= 4 is 18.0 Å². The van der Waals surface area contributed by atoms with Crippen molar-refractivity contribution in [2.24, 2.45) is 0 Å². The normalized spacial score (nSPS) is 10.2. The Morgan fingerprint density at radius 3 is 2.34 bits per heavy atom. The highest BCUT2D eigenvalue weighted by Gasteiger charge is 2.09. The first-order chi connectivity index (χ1) is 15.5. The van der Waals surface area contributed by atoms with Gasteiger partial charge in [0.1, 0.15) is 6.07 Å². The number of rotatable bonds is 11. The summed E-state index contributed by atoms with van der Waals surface area (Å²) in [6.45, 7) is -0.279. The van der Waals surface area contributed by atoms with Gasteiger partial charge in [0, 0.05) is 12.6 Å². The average Bonchev–Trinajstić information content (AvgIpc) is 2.83. The molecule has 9 nitrogen and oxygen atoms in total. The first-order valence-electron chi connectivity index (χ1n) is 9.51. The molecule has 32 heavy (non-hydrogen) atoms. The molecule has 168 valence electrons. The Morgan fingerprint density at radius 2 is 1.66 bits per heavy atom. The molecular formula is C23H24N2O7. The fraction of sp³-hybridized carbons (Fsp3) is 0.261. The number of amides is 1. The predicted molar refractivity (Wildman–Crippen MR) is 115 cm³/mol. The third kappa shape index (κ3) is 7.25. The molecule has 0 atom stereocenters. The summed E-state index contributed by atoms with van der Waals surface area (Å²) in [5.41, 5.74) is 1.46. The van der Waals surface area contributed by atoms with Crippen molar-refractivity contribution in [3.05, 3.63) is 53.6 Å². The molecule has 0 radical (unpaired) electrons. The summed E-state index contributed by atoms with van der Waals surface area (Å²) in [5.74, 6) is 0.866. The van der Waals surface area contributed by atoms with Gasteiger partial charge in [-0.1, -0.05) is 12.1 Å². The van der Waals surface area contributed by atoms with Crippen molar-refractivity contribution in [1.82, 2.24) is 5.32 Å². The Bertz CT molecular complexity index is 1010. The smallest absolute Gasteiger partial charge is 0.331 e. The van der Waals surface area contributed by atoms with Crippen LogP contribution >= 0.6 is 0 Å². The van der Waals surface area contributed by atoms with Crippen molar-refractivity contribution in [2.45, 2.75) is 6.54 Å². The van der Waals surface area contributed by atoms with E-state index in [2.05, 4.69) is 5.32 Å². The lowest BCUT2D eigenvalue weighted by Gasteiger charge is -2.10.